The Morgan fingerprint density at radius 2 is 1.87 bits per heavy atom. The highest BCUT2D eigenvalue weighted by Gasteiger charge is 2.61. The van der Waals surface area contributed by atoms with E-state index in [4.69, 9.17) is 18.9 Å². The Morgan fingerprint density at radius 3 is 2.64 bits per heavy atom. The molecule has 1 aliphatic heterocycles. The van der Waals surface area contributed by atoms with Crippen molar-refractivity contribution in [2.45, 2.75) is 109 Å². The number of ether oxygens (including phenoxy) is 4. The molecule has 2 aromatic carbocycles. The summed E-state index contributed by atoms with van der Waals surface area (Å²) in [7, 11) is 1.77. The van der Waals surface area contributed by atoms with Crippen LogP contribution >= 0.6 is 11.8 Å². The number of unbranched alkanes of at least 4 members (excludes halogenated alkanes) is 2. The van der Waals surface area contributed by atoms with Gasteiger partial charge in [-0.3, -0.25) is 4.79 Å². The molecule has 3 fully saturated rings. The van der Waals surface area contributed by atoms with E-state index in [2.05, 4.69) is 55.5 Å². The monoisotopic (exact) mass is 632 g/mol. The number of fused-ring (bicyclic) bond motifs is 5. The lowest BCUT2D eigenvalue weighted by Crippen LogP contribution is -2.51. The van der Waals surface area contributed by atoms with Crippen molar-refractivity contribution in [3.8, 4) is 11.5 Å². The third-order valence-electron chi connectivity index (χ3n) is 11.3. The largest absolute Gasteiger partial charge is 0.497 e. The molecule has 4 aliphatic rings. The zero-order chi connectivity index (χ0) is 31.3. The molecule has 6 heteroatoms. The summed E-state index contributed by atoms with van der Waals surface area (Å²) in [5, 5.41) is 0.203. The van der Waals surface area contributed by atoms with E-state index in [0.29, 0.717) is 29.8 Å². The summed E-state index contributed by atoms with van der Waals surface area (Å²) in [5.74, 6) is 4.20. The number of benzene rings is 2. The first kappa shape index (κ1) is 32.5. The second-order valence-corrected chi connectivity index (χ2v) is 15.4. The Bertz CT molecular complexity index is 1320. The molecule has 6 rings (SSSR count). The van der Waals surface area contributed by atoms with Gasteiger partial charge in [-0.2, -0.15) is 0 Å². The Labute approximate surface area is 274 Å². The molecule has 0 unspecified atom stereocenters. The first-order valence-electron chi connectivity index (χ1n) is 17.4. The predicted octanol–water partition coefficient (Wildman–Crippen LogP) is 9.59. The number of methoxy groups -OCH3 is 1. The molecule has 0 aromatic heterocycles. The van der Waals surface area contributed by atoms with Gasteiger partial charge in [-0.15, -0.1) is 0 Å². The van der Waals surface area contributed by atoms with Crippen LogP contribution in [0.2, 0.25) is 0 Å². The number of rotatable bonds is 12. The van der Waals surface area contributed by atoms with Gasteiger partial charge in [0.05, 0.1) is 26.6 Å². The summed E-state index contributed by atoms with van der Waals surface area (Å²) < 4.78 is 24.1. The maximum absolute atomic E-state index is 11.1. The van der Waals surface area contributed by atoms with Gasteiger partial charge >= 0.3 is 0 Å². The minimum atomic E-state index is -0.119. The van der Waals surface area contributed by atoms with E-state index in [0.717, 1.165) is 68.8 Å². The van der Waals surface area contributed by atoms with E-state index in [1.165, 1.54) is 60.6 Å². The van der Waals surface area contributed by atoms with Crippen molar-refractivity contribution in [3.05, 3.63) is 71.5 Å². The lowest BCUT2D eigenvalue weighted by Gasteiger charge is -2.60. The fourth-order valence-electron chi connectivity index (χ4n) is 9.31. The van der Waals surface area contributed by atoms with Crippen molar-refractivity contribution in [3.63, 3.8) is 0 Å². The van der Waals surface area contributed by atoms with Crippen LogP contribution in [-0.4, -0.2) is 37.5 Å². The van der Waals surface area contributed by atoms with Crippen LogP contribution in [0.25, 0.3) is 0 Å². The van der Waals surface area contributed by atoms with Gasteiger partial charge in [0.15, 0.2) is 11.4 Å². The highest BCUT2D eigenvalue weighted by molar-refractivity contribution is 8.13. The molecule has 2 saturated carbocycles. The zero-order valence-corrected chi connectivity index (χ0v) is 28.4. The maximum atomic E-state index is 11.1. The van der Waals surface area contributed by atoms with E-state index >= 15 is 0 Å². The van der Waals surface area contributed by atoms with Gasteiger partial charge in [-0.25, -0.2) is 0 Å². The zero-order valence-electron chi connectivity index (χ0n) is 27.6. The summed E-state index contributed by atoms with van der Waals surface area (Å²) >= 11 is 1.42. The van der Waals surface area contributed by atoms with Crippen LogP contribution in [0, 0.1) is 16.7 Å². The van der Waals surface area contributed by atoms with Crippen LogP contribution in [0.15, 0.2) is 54.8 Å². The van der Waals surface area contributed by atoms with Gasteiger partial charge in [-0.05, 0) is 128 Å². The summed E-state index contributed by atoms with van der Waals surface area (Å²) in [6.45, 7) is 5.72. The number of hydrogen-bond donors (Lipinski definition) is 0. The smallest absolute Gasteiger partial charge is 0.198 e. The molecule has 0 amide bonds. The maximum Gasteiger partial charge on any atom is 0.198 e. The molecule has 0 N–H and O–H groups in total. The minimum Gasteiger partial charge on any atom is -0.497 e. The first-order chi connectivity index (χ1) is 21.9. The van der Waals surface area contributed by atoms with Gasteiger partial charge in [0.2, 0.25) is 0 Å². The third kappa shape index (κ3) is 7.12. The summed E-state index contributed by atoms with van der Waals surface area (Å²) in [4.78, 5) is 11.1. The molecule has 244 valence electrons. The predicted molar refractivity (Wildman–Crippen MR) is 182 cm³/mol. The van der Waals surface area contributed by atoms with Crippen molar-refractivity contribution in [2.75, 3.05) is 26.1 Å². The number of carbonyl (C=O) groups is 1. The number of hydrogen-bond acceptors (Lipinski definition) is 6. The summed E-state index contributed by atoms with van der Waals surface area (Å²) in [6.07, 6.45) is 18.1. The minimum absolute atomic E-state index is 0.0280. The molecule has 1 saturated heterocycles. The number of carbonyl (C=O) groups excluding carboxylic acids is 1. The molecular weight excluding hydrogens is 580 g/mol. The van der Waals surface area contributed by atoms with E-state index < -0.39 is 0 Å². The highest BCUT2D eigenvalue weighted by Crippen LogP contribution is 2.71. The lowest BCUT2D eigenvalue weighted by atomic mass is 9.44. The Hall–Kier alpha value is -2.44. The Morgan fingerprint density at radius 1 is 1.02 bits per heavy atom. The van der Waals surface area contributed by atoms with Crippen molar-refractivity contribution < 1.29 is 23.7 Å². The molecule has 0 spiro atoms. The first-order valence-corrected chi connectivity index (χ1v) is 18.4. The molecule has 45 heavy (non-hydrogen) atoms. The summed E-state index contributed by atoms with van der Waals surface area (Å²) in [6, 6.07) is 15.8. The normalized spacial score (nSPS) is 30.7. The molecular formula is C39H52O5S. The third-order valence-corrected chi connectivity index (χ3v) is 12.2. The van der Waals surface area contributed by atoms with Crippen molar-refractivity contribution >= 4 is 16.9 Å². The Balaban J connectivity index is 1.27. The van der Waals surface area contributed by atoms with Crippen LogP contribution in [0.1, 0.15) is 113 Å². The summed E-state index contributed by atoms with van der Waals surface area (Å²) in [5.41, 5.74) is 4.67. The topological polar surface area (TPSA) is 54.0 Å². The van der Waals surface area contributed by atoms with Crippen LogP contribution in [0.5, 0.6) is 11.5 Å². The average molecular weight is 633 g/mol. The molecule has 2 aromatic rings. The molecule has 1 heterocycles. The van der Waals surface area contributed by atoms with Crippen molar-refractivity contribution in [1.82, 2.24) is 0 Å². The quantitative estimate of drug-likeness (QED) is 0.172. The van der Waals surface area contributed by atoms with Crippen molar-refractivity contribution in [2.24, 2.45) is 16.7 Å². The molecule has 3 aliphatic carbocycles. The number of thioether (sulfide) groups is 1. The molecule has 5 nitrogen and oxygen atoms in total. The van der Waals surface area contributed by atoms with E-state index in [1.807, 2.05) is 6.26 Å². The van der Waals surface area contributed by atoms with E-state index in [-0.39, 0.29) is 16.8 Å². The average Bonchev–Trinajstić information content (AvgIpc) is 3.46. The second-order valence-electron chi connectivity index (χ2n) is 14.1. The molecule has 6 atom stereocenters. The lowest BCUT2D eigenvalue weighted by molar-refractivity contribution is -0.130. The van der Waals surface area contributed by atoms with Crippen LogP contribution in [0.3, 0.4) is 0 Å². The Kier molecular flexibility index (Phi) is 10.5. The van der Waals surface area contributed by atoms with Gasteiger partial charge in [0, 0.05) is 30.4 Å². The van der Waals surface area contributed by atoms with Gasteiger partial charge < -0.3 is 18.9 Å². The van der Waals surface area contributed by atoms with Crippen LogP contribution < -0.4 is 9.47 Å². The van der Waals surface area contributed by atoms with Crippen LogP contribution in [-0.2, 0) is 20.7 Å². The fourth-order valence-corrected chi connectivity index (χ4v) is 9.94. The number of aryl methyl sites for hydroxylation is 1. The van der Waals surface area contributed by atoms with E-state index in [9.17, 15) is 4.79 Å². The second kappa shape index (κ2) is 14.5. The molecule has 0 bridgehead atoms. The highest BCUT2D eigenvalue weighted by atomic mass is 32.2. The standard InChI is InChI=1S/C39H52O5S/c1-28(40)45-25-8-4-6-22-42-31-14-12-29(13-15-31)34-27-38(2)19-9-10-35(38)39(21-24-44-36-11-5-7-23-43-36)20-18-30-26-32(41-3)16-17-33(30)37(34)39/h12-17,21,24,26,34-37H,4-11,18-20,22-23,25,27H2,1-3H3/t34-,35-,36+,37+,38+,39-/m1/s1. The van der Waals surface area contributed by atoms with Gasteiger partial charge in [-0.1, -0.05) is 43.3 Å². The molecule has 0 radical (unpaired) electrons. The van der Waals surface area contributed by atoms with Crippen molar-refractivity contribution in [1.29, 1.82) is 0 Å². The fraction of sp³-hybridized carbons (Fsp3) is 0.615. The van der Waals surface area contributed by atoms with Gasteiger partial charge in [0.25, 0.3) is 0 Å². The SMILES string of the molecule is COc1ccc2c(c1)CC[C@@]1(C=CO[C@H]3CCCCO3)[C@@H]3CCC[C@@]3(C)C[C@H](c3ccc(OCCCCCSC(C)=O)cc3)[C@H]21. The van der Waals surface area contributed by atoms with Gasteiger partial charge in [0.1, 0.15) is 11.5 Å². The van der Waals surface area contributed by atoms with E-state index in [1.54, 1.807) is 14.0 Å². The number of allylic oxidation sites excluding steroid dienone is 1. The van der Waals surface area contributed by atoms with Crippen LogP contribution in [0.4, 0.5) is 0 Å².